The first kappa shape index (κ1) is 8.53. The van der Waals surface area contributed by atoms with E-state index in [1.807, 2.05) is 6.92 Å². The minimum Gasteiger partial charge on any atom is -0.466 e. The molecule has 0 aromatic carbocycles. The van der Waals surface area contributed by atoms with Crippen LogP contribution in [0.3, 0.4) is 0 Å². The van der Waals surface area contributed by atoms with E-state index in [-0.39, 0.29) is 11.9 Å². The summed E-state index contributed by atoms with van der Waals surface area (Å²) in [6.07, 6.45) is 0. The lowest BCUT2D eigenvalue weighted by Crippen LogP contribution is -2.23. The van der Waals surface area contributed by atoms with E-state index in [1.165, 1.54) is 0 Å². The molecule has 0 unspecified atom stereocenters. The Kier molecular flexibility index (Phi) is 2.88. The number of hydrogen-bond donors (Lipinski definition) is 1. The summed E-state index contributed by atoms with van der Waals surface area (Å²) in [5.74, 6) is 0.453. The predicted octanol–water partition coefficient (Wildman–Crippen LogP) is 0.405. The van der Waals surface area contributed by atoms with Crippen molar-refractivity contribution < 1.29 is 9.53 Å². The Morgan fingerprint density at radius 2 is 2.36 bits per heavy atom. The molecule has 1 saturated heterocycles. The summed E-state index contributed by atoms with van der Waals surface area (Å²) in [6, 6.07) is 0. The zero-order chi connectivity index (χ0) is 8.27. The molecule has 1 aliphatic heterocycles. The van der Waals surface area contributed by atoms with Crippen molar-refractivity contribution in [1.82, 2.24) is 5.32 Å². The van der Waals surface area contributed by atoms with Crippen LogP contribution in [0.15, 0.2) is 0 Å². The highest BCUT2D eigenvalue weighted by atomic mass is 16.5. The molecule has 3 nitrogen and oxygen atoms in total. The molecular weight excluding hydrogens is 142 g/mol. The van der Waals surface area contributed by atoms with Gasteiger partial charge in [0.2, 0.25) is 0 Å². The fourth-order valence-corrected chi connectivity index (χ4v) is 1.37. The molecule has 0 saturated carbocycles. The average Bonchev–Trinajstić information content (AvgIpc) is 2.36. The number of hydrogen-bond acceptors (Lipinski definition) is 3. The van der Waals surface area contributed by atoms with E-state index in [2.05, 4.69) is 12.2 Å². The molecule has 1 rings (SSSR count). The van der Waals surface area contributed by atoms with Gasteiger partial charge in [0.1, 0.15) is 0 Å². The molecule has 0 amide bonds. The standard InChI is InChI=1S/C8H15NO2/c1-3-11-8(10)7-5-9-4-6(7)2/h6-7,9H,3-5H2,1-2H3/t6-,7+/m1/s1. The van der Waals surface area contributed by atoms with Crippen molar-refractivity contribution in [2.75, 3.05) is 19.7 Å². The summed E-state index contributed by atoms with van der Waals surface area (Å²) in [4.78, 5) is 11.2. The molecule has 0 aromatic heterocycles. The molecule has 3 heteroatoms. The predicted molar refractivity (Wildman–Crippen MR) is 42.2 cm³/mol. The van der Waals surface area contributed by atoms with E-state index in [9.17, 15) is 4.79 Å². The van der Waals surface area contributed by atoms with Crippen LogP contribution in [0.5, 0.6) is 0 Å². The van der Waals surface area contributed by atoms with Crippen LogP contribution in [0, 0.1) is 11.8 Å². The van der Waals surface area contributed by atoms with Crippen LogP contribution in [-0.4, -0.2) is 25.7 Å². The SMILES string of the molecule is CCOC(=O)[C@H]1CNC[C@H]1C. The van der Waals surface area contributed by atoms with Gasteiger partial charge >= 0.3 is 5.97 Å². The molecule has 1 fully saturated rings. The van der Waals surface area contributed by atoms with Gasteiger partial charge in [0.25, 0.3) is 0 Å². The second-order valence-electron chi connectivity index (χ2n) is 2.99. The Morgan fingerprint density at radius 1 is 1.64 bits per heavy atom. The van der Waals surface area contributed by atoms with Crippen LogP contribution in [0.2, 0.25) is 0 Å². The second kappa shape index (κ2) is 3.72. The van der Waals surface area contributed by atoms with E-state index in [4.69, 9.17) is 4.74 Å². The van der Waals surface area contributed by atoms with Gasteiger partial charge in [-0.1, -0.05) is 6.92 Å². The number of esters is 1. The highest BCUT2D eigenvalue weighted by molar-refractivity contribution is 5.73. The molecule has 0 aliphatic carbocycles. The number of rotatable bonds is 2. The van der Waals surface area contributed by atoms with Crippen LogP contribution in [-0.2, 0) is 9.53 Å². The van der Waals surface area contributed by atoms with E-state index >= 15 is 0 Å². The smallest absolute Gasteiger partial charge is 0.310 e. The summed E-state index contributed by atoms with van der Waals surface area (Å²) in [7, 11) is 0. The van der Waals surface area contributed by atoms with E-state index < -0.39 is 0 Å². The van der Waals surface area contributed by atoms with Crippen molar-refractivity contribution in [2.45, 2.75) is 13.8 Å². The van der Waals surface area contributed by atoms with Crippen molar-refractivity contribution in [2.24, 2.45) is 11.8 Å². The Bertz CT molecular complexity index is 147. The number of carbonyl (C=O) groups excluding carboxylic acids is 1. The second-order valence-corrected chi connectivity index (χ2v) is 2.99. The molecule has 0 bridgehead atoms. The number of carbonyl (C=O) groups is 1. The molecule has 11 heavy (non-hydrogen) atoms. The Morgan fingerprint density at radius 3 is 2.82 bits per heavy atom. The minimum absolute atomic E-state index is 0.0509. The fourth-order valence-electron chi connectivity index (χ4n) is 1.37. The first-order valence-corrected chi connectivity index (χ1v) is 4.13. The molecule has 1 aliphatic rings. The van der Waals surface area contributed by atoms with E-state index in [0.717, 1.165) is 13.1 Å². The van der Waals surface area contributed by atoms with Gasteiger partial charge in [-0.05, 0) is 19.4 Å². The summed E-state index contributed by atoms with van der Waals surface area (Å²) in [6.45, 7) is 6.11. The largest absolute Gasteiger partial charge is 0.466 e. The van der Waals surface area contributed by atoms with Gasteiger partial charge in [-0.2, -0.15) is 0 Å². The van der Waals surface area contributed by atoms with Crippen LogP contribution >= 0.6 is 0 Å². The summed E-state index contributed by atoms with van der Waals surface area (Å²) >= 11 is 0. The molecule has 0 spiro atoms. The van der Waals surface area contributed by atoms with Crippen LogP contribution < -0.4 is 5.32 Å². The van der Waals surface area contributed by atoms with Gasteiger partial charge in [-0.15, -0.1) is 0 Å². The maximum absolute atomic E-state index is 11.2. The molecule has 1 heterocycles. The maximum atomic E-state index is 11.2. The third kappa shape index (κ3) is 1.93. The Hall–Kier alpha value is -0.570. The summed E-state index contributed by atoms with van der Waals surface area (Å²) in [5.41, 5.74) is 0. The molecule has 0 aromatic rings. The first-order valence-electron chi connectivity index (χ1n) is 4.13. The highest BCUT2D eigenvalue weighted by Crippen LogP contribution is 2.16. The molecule has 0 radical (unpaired) electrons. The van der Waals surface area contributed by atoms with Crippen molar-refractivity contribution in [3.05, 3.63) is 0 Å². The van der Waals surface area contributed by atoms with Crippen LogP contribution in [0.4, 0.5) is 0 Å². The zero-order valence-corrected chi connectivity index (χ0v) is 7.09. The first-order chi connectivity index (χ1) is 5.25. The lowest BCUT2D eigenvalue weighted by atomic mass is 9.99. The normalized spacial score (nSPS) is 30.4. The maximum Gasteiger partial charge on any atom is 0.310 e. The lowest BCUT2D eigenvalue weighted by molar-refractivity contribution is -0.148. The monoisotopic (exact) mass is 157 g/mol. The van der Waals surface area contributed by atoms with E-state index in [0.29, 0.717) is 12.5 Å². The molecule has 64 valence electrons. The van der Waals surface area contributed by atoms with Gasteiger partial charge in [0.05, 0.1) is 12.5 Å². The summed E-state index contributed by atoms with van der Waals surface area (Å²) in [5, 5.41) is 3.16. The lowest BCUT2D eigenvalue weighted by Gasteiger charge is -2.11. The highest BCUT2D eigenvalue weighted by Gasteiger charge is 2.30. The fraction of sp³-hybridized carbons (Fsp3) is 0.875. The van der Waals surface area contributed by atoms with Crippen molar-refractivity contribution in [3.8, 4) is 0 Å². The summed E-state index contributed by atoms with van der Waals surface area (Å²) < 4.78 is 4.92. The van der Waals surface area contributed by atoms with E-state index in [1.54, 1.807) is 0 Å². The third-order valence-corrected chi connectivity index (χ3v) is 2.11. The minimum atomic E-state index is -0.0509. The van der Waals surface area contributed by atoms with Gasteiger partial charge in [0, 0.05) is 6.54 Å². The third-order valence-electron chi connectivity index (χ3n) is 2.11. The van der Waals surface area contributed by atoms with Gasteiger partial charge < -0.3 is 10.1 Å². The van der Waals surface area contributed by atoms with Crippen LogP contribution in [0.25, 0.3) is 0 Å². The van der Waals surface area contributed by atoms with Gasteiger partial charge in [0.15, 0.2) is 0 Å². The zero-order valence-electron chi connectivity index (χ0n) is 7.09. The molecule has 2 atom stereocenters. The Balaban J connectivity index is 2.39. The van der Waals surface area contributed by atoms with Gasteiger partial charge in [-0.3, -0.25) is 4.79 Å². The van der Waals surface area contributed by atoms with Crippen molar-refractivity contribution in [1.29, 1.82) is 0 Å². The number of ether oxygens (including phenoxy) is 1. The Labute approximate surface area is 67.1 Å². The number of nitrogens with one attached hydrogen (secondary N) is 1. The van der Waals surface area contributed by atoms with Crippen molar-refractivity contribution in [3.63, 3.8) is 0 Å². The van der Waals surface area contributed by atoms with Crippen molar-refractivity contribution >= 4 is 5.97 Å². The average molecular weight is 157 g/mol. The van der Waals surface area contributed by atoms with Gasteiger partial charge in [-0.25, -0.2) is 0 Å². The molecule has 1 N–H and O–H groups in total. The topological polar surface area (TPSA) is 38.3 Å². The quantitative estimate of drug-likeness (QED) is 0.590. The molecular formula is C8H15NO2. The van der Waals surface area contributed by atoms with Crippen LogP contribution in [0.1, 0.15) is 13.8 Å².